The molecule has 0 aliphatic rings. The molecule has 4 heteroatoms. The van der Waals surface area contributed by atoms with Crippen molar-refractivity contribution in [2.45, 2.75) is 32.8 Å². The van der Waals surface area contributed by atoms with Crippen LogP contribution in [0.2, 0.25) is 0 Å². The fourth-order valence-corrected chi connectivity index (χ4v) is 2.28. The number of benzene rings is 1. The summed E-state index contributed by atoms with van der Waals surface area (Å²) in [5.74, 6) is 1.01. The molecule has 19 heavy (non-hydrogen) atoms. The Hall–Kier alpha value is -1.68. The van der Waals surface area contributed by atoms with Gasteiger partial charge < -0.3 is 10.4 Å². The molecule has 2 rings (SSSR count). The van der Waals surface area contributed by atoms with E-state index in [9.17, 15) is 5.11 Å². The monoisotopic (exact) mass is 259 g/mol. The maximum atomic E-state index is 10.2. The van der Waals surface area contributed by atoms with E-state index in [0.29, 0.717) is 18.4 Å². The van der Waals surface area contributed by atoms with Crippen molar-refractivity contribution in [1.82, 2.24) is 9.97 Å². The first-order valence-electron chi connectivity index (χ1n) is 6.64. The lowest BCUT2D eigenvalue weighted by atomic mass is 9.94. The number of hydrogen-bond donors (Lipinski definition) is 2. The predicted molar refractivity (Wildman–Crippen MR) is 78.1 cm³/mol. The van der Waals surface area contributed by atoms with Gasteiger partial charge in [-0.05, 0) is 25.3 Å². The number of hydrogen-bond acceptors (Lipinski definition) is 4. The summed E-state index contributed by atoms with van der Waals surface area (Å²) >= 11 is 0. The molecule has 102 valence electrons. The molecule has 1 unspecified atom stereocenters. The van der Waals surface area contributed by atoms with Gasteiger partial charge in [-0.3, -0.25) is 0 Å². The first-order valence-corrected chi connectivity index (χ1v) is 6.64. The van der Waals surface area contributed by atoms with Crippen LogP contribution < -0.4 is 5.32 Å². The van der Waals surface area contributed by atoms with Crippen molar-refractivity contribution >= 4 is 16.9 Å². The van der Waals surface area contributed by atoms with Gasteiger partial charge in [0, 0.05) is 18.1 Å². The minimum Gasteiger partial charge on any atom is -0.388 e. The fourth-order valence-electron chi connectivity index (χ4n) is 2.28. The summed E-state index contributed by atoms with van der Waals surface area (Å²) in [4.78, 5) is 8.68. The van der Waals surface area contributed by atoms with E-state index < -0.39 is 5.60 Å². The summed E-state index contributed by atoms with van der Waals surface area (Å²) < 4.78 is 0. The van der Waals surface area contributed by atoms with Crippen LogP contribution in [0, 0.1) is 5.92 Å². The molecule has 1 atom stereocenters. The minimum atomic E-state index is -0.747. The number of nitrogens with one attached hydrogen (secondary N) is 1. The third kappa shape index (κ3) is 3.89. The van der Waals surface area contributed by atoms with Crippen molar-refractivity contribution in [1.29, 1.82) is 0 Å². The van der Waals surface area contributed by atoms with Gasteiger partial charge in [-0.25, -0.2) is 9.97 Å². The predicted octanol–water partition coefficient (Wildman–Crippen LogP) is 2.84. The molecule has 2 aromatic rings. The van der Waals surface area contributed by atoms with E-state index in [0.717, 1.165) is 17.3 Å². The molecular formula is C15H21N3O. The molecule has 0 saturated carbocycles. The third-order valence-electron chi connectivity index (χ3n) is 2.96. The lowest BCUT2D eigenvalue weighted by Gasteiger charge is -2.25. The Morgan fingerprint density at radius 2 is 2.05 bits per heavy atom. The van der Waals surface area contributed by atoms with Crippen molar-refractivity contribution in [3.8, 4) is 0 Å². The molecule has 0 fully saturated rings. The molecule has 1 aromatic heterocycles. The first-order chi connectivity index (χ1) is 8.96. The zero-order valence-electron chi connectivity index (χ0n) is 11.7. The number of fused-ring (bicyclic) bond motifs is 1. The van der Waals surface area contributed by atoms with Crippen LogP contribution in [0.4, 0.5) is 5.95 Å². The van der Waals surface area contributed by atoms with Crippen LogP contribution in [0.1, 0.15) is 27.2 Å². The number of rotatable bonds is 5. The SMILES string of the molecule is CC(C)CC(C)(O)CNc1ncc2ccccc2n1. The van der Waals surface area contributed by atoms with Gasteiger partial charge in [0.2, 0.25) is 5.95 Å². The fraction of sp³-hybridized carbons (Fsp3) is 0.467. The zero-order valence-corrected chi connectivity index (χ0v) is 11.7. The number of anilines is 1. The Kier molecular flexibility index (Phi) is 4.00. The van der Waals surface area contributed by atoms with Crippen LogP contribution in [0.25, 0.3) is 10.9 Å². The van der Waals surface area contributed by atoms with E-state index in [-0.39, 0.29) is 0 Å². The number of para-hydroxylation sites is 1. The second kappa shape index (κ2) is 5.53. The molecule has 2 N–H and O–H groups in total. The highest BCUT2D eigenvalue weighted by molar-refractivity contribution is 5.78. The Labute approximate surface area is 113 Å². The summed E-state index contributed by atoms with van der Waals surface area (Å²) in [5.41, 5.74) is 0.159. The quantitative estimate of drug-likeness (QED) is 0.867. The van der Waals surface area contributed by atoms with Gasteiger partial charge >= 0.3 is 0 Å². The van der Waals surface area contributed by atoms with E-state index >= 15 is 0 Å². The molecule has 1 heterocycles. The van der Waals surface area contributed by atoms with Crippen molar-refractivity contribution in [3.63, 3.8) is 0 Å². The van der Waals surface area contributed by atoms with Crippen LogP contribution in [0.15, 0.2) is 30.5 Å². The highest BCUT2D eigenvalue weighted by Crippen LogP contribution is 2.17. The summed E-state index contributed by atoms with van der Waals surface area (Å²) in [6.45, 7) is 6.48. The van der Waals surface area contributed by atoms with Gasteiger partial charge in [-0.15, -0.1) is 0 Å². The summed E-state index contributed by atoms with van der Waals surface area (Å²) in [6.07, 6.45) is 2.54. The molecule has 4 nitrogen and oxygen atoms in total. The third-order valence-corrected chi connectivity index (χ3v) is 2.96. The van der Waals surface area contributed by atoms with Crippen LogP contribution in [0.3, 0.4) is 0 Å². The van der Waals surface area contributed by atoms with E-state index in [1.54, 1.807) is 6.20 Å². The van der Waals surface area contributed by atoms with Crippen LogP contribution in [0.5, 0.6) is 0 Å². The summed E-state index contributed by atoms with van der Waals surface area (Å²) in [6, 6.07) is 7.85. The molecule has 0 amide bonds. The molecule has 0 aliphatic heterocycles. The van der Waals surface area contributed by atoms with E-state index in [2.05, 4.69) is 29.1 Å². The zero-order chi connectivity index (χ0) is 13.9. The van der Waals surface area contributed by atoms with Crippen LogP contribution in [-0.2, 0) is 0 Å². The second-order valence-corrected chi connectivity index (χ2v) is 5.70. The Balaban J connectivity index is 2.05. The lowest BCUT2D eigenvalue weighted by molar-refractivity contribution is 0.0514. The minimum absolute atomic E-state index is 0.448. The topological polar surface area (TPSA) is 58.0 Å². The molecule has 0 bridgehead atoms. The number of nitrogens with zero attached hydrogens (tertiary/aromatic N) is 2. The van der Waals surface area contributed by atoms with Crippen LogP contribution in [-0.4, -0.2) is 27.2 Å². The average molecular weight is 259 g/mol. The van der Waals surface area contributed by atoms with Crippen molar-refractivity contribution in [3.05, 3.63) is 30.5 Å². The van der Waals surface area contributed by atoms with E-state index in [1.807, 2.05) is 31.2 Å². The number of aromatic nitrogens is 2. The van der Waals surface area contributed by atoms with Crippen LogP contribution >= 0.6 is 0 Å². The first kappa shape index (κ1) is 13.7. The lowest BCUT2D eigenvalue weighted by Crippen LogP contribution is -2.35. The molecular weight excluding hydrogens is 238 g/mol. The summed E-state index contributed by atoms with van der Waals surface area (Å²) in [7, 11) is 0. The van der Waals surface area contributed by atoms with Crippen molar-refractivity contribution < 1.29 is 5.11 Å². The maximum Gasteiger partial charge on any atom is 0.223 e. The Morgan fingerprint density at radius 3 is 2.79 bits per heavy atom. The van der Waals surface area contributed by atoms with Gasteiger partial charge in [-0.1, -0.05) is 32.0 Å². The van der Waals surface area contributed by atoms with Crippen molar-refractivity contribution in [2.24, 2.45) is 5.92 Å². The summed E-state index contributed by atoms with van der Waals surface area (Å²) in [5, 5.41) is 14.4. The van der Waals surface area contributed by atoms with Gasteiger partial charge in [0.15, 0.2) is 0 Å². The number of aliphatic hydroxyl groups is 1. The highest BCUT2D eigenvalue weighted by atomic mass is 16.3. The molecule has 0 aliphatic carbocycles. The smallest absolute Gasteiger partial charge is 0.223 e. The van der Waals surface area contributed by atoms with E-state index in [4.69, 9.17) is 0 Å². The molecule has 0 spiro atoms. The van der Waals surface area contributed by atoms with E-state index in [1.165, 1.54) is 0 Å². The maximum absolute atomic E-state index is 10.2. The largest absolute Gasteiger partial charge is 0.388 e. The molecule has 0 radical (unpaired) electrons. The second-order valence-electron chi connectivity index (χ2n) is 5.70. The van der Waals surface area contributed by atoms with Gasteiger partial charge in [0.05, 0.1) is 11.1 Å². The van der Waals surface area contributed by atoms with Gasteiger partial charge in [0.25, 0.3) is 0 Å². The van der Waals surface area contributed by atoms with Gasteiger partial charge in [-0.2, -0.15) is 0 Å². The normalized spacial score (nSPS) is 14.6. The standard InChI is InChI=1S/C15H21N3O/c1-11(2)8-15(3,19)10-17-14-16-9-12-6-4-5-7-13(12)18-14/h4-7,9,11,19H,8,10H2,1-3H3,(H,16,17,18). The van der Waals surface area contributed by atoms with Crippen molar-refractivity contribution in [2.75, 3.05) is 11.9 Å². The average Bonchev–Trinajstić information content (AvgIpc) is 2.35. The molecule has 0 saturated heterocycles. The van der Waals surface area contributed by atoms with Gasteiger partial charge in [0.1, 0.15) is 0 Å². The molecule has 1 aromatic carbocycles. The highest BCUT2D eigenvalue weighted by Gasteiger charge is 2.21. The Morgan fingerprint density at radius 1 is 1.32 bits per heavy atom. The Bertz CT molecular complexity index is 552.